The van der Waals surface area contributed by atoms with Crippen molar-refractivity contribution in [1.29, 1.82) is 0 Å². The zero-order valence-electron chi connectivity index (χ0n) is 36.8. The van der Waals surface area contributed by atoms with Crippen LogP contribution in [0.25, 0.3) is 22.3 Å². The van der Waals surface area contributed by atoms with Crippen molar-refractivity contribution in [3.05, 3.63) is 149 Å². The van der Waals surface area contributed by atoms with E-state index >= 15 is 0 Å². The van der Waals surface area contributed by atoms with Crippen LogP contribution in [-0.4, -0.2) is 6.71 Å². The molecule has 0 unspecified atom stereocenters. The number of rotatable bonds is 3. The number of benzene rings is 6. The first-order chi connectivity index (χ1) is 27.9. The molecule has 3 heterocycles. The van der Waals surface area contributed by atoms with Gasteiger partial charge >= 0.3 is 0 Å². The Hall–Kier alpha value is -5.48. The van der Waals surface area contributed by atoms with Gasteiger partial charge in [0.25, 0.3) is 6.71 Å². The van der Waals surface area contributed by atoms with Crippen LogP contribution in [0.4, 0.5) is 34.1 Å². The summed E-state index contributed by atoms with van der Waals surface area (Å²) in [6, 6.07) is 46.4. The Balaban J connectivity index is 1.28. The van der Waals surface area contributed by atoms with Crippen LogP contribution in [0.15, 0.2) is 126 Å². The summed E-state index contributed by atoms with van der Waals surface area (Å²) in [5.74, 6) is 0.897. The molecule has 0 amide bonds. The van der Waals surface area contributed by atoms with Crippen LogP contribution in [0.5, 0.6) is 0 Å². The average molecular weight is 773 g/mol. The molecule has 6 aromatic carbocycles. The lowest BCUT2D eigenvalue weighted by molar-refractivity contribution is 0.332. The number of hydrogen-bond acceptors (Lipinski definition) is 3. The Morgan fingerprint density at radius 2 is 1.12 bits per heavy atom. The van der Waals surface area contributed by atoms with Crippen LogP contribution < -0.4 is 26.2 Å². The molecule has 0 N–H and O–H groups in total. The Labute approximate surface area is 352 Å². The molecule has 0 saturated carbocycles. The summed E-state index contributed by atoms with van der Waals surface area (Å²) in [7, 11) is 0. The van der Waals surface area contributed by atoms with Gasteiger partial charge in [-0.15, -0.1) is 0 Å². The van der Waals surface area contributed by atoms with E-state index in [1.54, 1.807) is 0 Å². The molecule has 1 aliphatic carbocycles. The van der Waals surface area contributed by atoms with Crippen molar-refractivity contribution >= 4 is 68.2 Å². The summed E-state index contributed by atoms with van der Waals surface area (Å²) in [4.78, 5) is 5.12. The Morgan fingerprint density at radius 1 is 0.542 bits per heavy atom. The lowest BCUT2D eigenvalue weighted by atomic mass is 9.33. The predicted molar refractivity (Wildman–Crippen MR) is 253 cm³/mol. The van der Waals surface area contributed by atoms with Crippen molar-refractivity contribution in [2.45, 2.75) is 111 Å². The molecule has 4 heteroatoms. The summed E-state index contributed by atoms with van der Waals surface area (Å²) in [5, 5.41) is 1.12. The fraction of sp³-hybridized carbons (Fsp3) is 0.309. The fourth-order valence-corrected chi connectivity index (χ4v) is 10.3. The molecule has 3 nitrogen and oxygen atoms in total. The van der Waals surface area contributed by atoms with Crippen molar-refractivity contribution < 1.29 is 4.42 Å². The van der Waals surface area contributed by atoms with E-state index in [0.717, 1.165) is 22.3 Å². The minimum Gasteiger partial charge on any atom is -0.456 e. The van der Waals surface area contributed by atoms with E-state index in [-0.39, 0.29) is 28.4 Å². The minimum absolute atomic E-state index is 0.00609. The van der Waals surface area contributed by atoms with Gasteiger partial charge in [-0.1, -0.05) is 124 Å². The molecular formula is C55H57BN2O. The van der Waals surface area contributed by atoms with Crippen molar-refractivity contribution in [1.82, 2.24) is 0 Å². The van der Waals surface area contributed by atoms with Gasteiger partial charge in [-0.25, -0.2) is 0 Å². The molecular weight excluding hydrogens is 715 g/mol. The van der Waals surface area contributed by atoms with E-state index in [4.69, 9.17) is 4.42 Å². The van der Waals surface area contributed by atoms with Crippen LogP contribution in [0, 0.1) is 6.92 Å². The summed E-state index contributed by atoms with van der Waals surface area (Å²) in [6.45, 7) is 25.9. The highest BCUT2D eigenvalue weighted by Crippen LogP contribution is 2.50. The topological polar surface area (TPSA) is 19.6 Å². The Kier molecular flexibility index (Phi) is 8.17. The molecule has 0 saturated heterocycles. The van der Waals surface area contributed by atoms with E-state index in [2.05, 4.69) is 207 Å². The normalized spacial score (nSPS) is 16.4. The lowest BCUT2D eigenvalue weighted by Crippen LogP contribution is -2.61. The third-order valence-electron chi connectivity index (χ3n) is 13.9. The van der Waals surface area contributed by atoms with E-state index in [1.807, 2.05) is 0 Å². The third-order valence-corrected chi connectivity index (χ3v) is 13.9. The summed E-state index contributed by atoms with van der Waals surface area (Å²) in [5.41, 5.74) is 20.5. The molecule has 0 atom stereocenters. The molecule has 3 aliphatic rings. The standard InChI is InChI=1S/C55H57BN2O/c1-34-28-47-51-48(29-34)58(40-22-23-41-42(33-40)55(10,11)27-26-54(41,8)9)45-24-16-36(50-31-35-14-12-13-15-49(35)59-50)30-43(45)56(51)44-32-38(53(5,6)7)19-25-46(44)57(47)39-20-17-37(18-21-39)52(2,3)4/h12-25,28-33H,26-27H2,1-11H3. The van der Waals surface area contributed by atoms with Crippen LogP contribution in [0.1, 0.15) is 110 Å². The molecule has 0 spiro atoms. The molecule has 59 heavy (non-hydrogen) atoms. The molecule has 0 fully saturated rings. The number of nitrogens with zero attached hydrogens (tertiary/aromatic N) is 2. The van der Waals surface area contributed by atoms with Gasteiger partial charge in [0, 0.05) is 45.1 Å². The van der Waals surface area contributed by atoms with E-state index < -0.39 is 0 Å². The minimum atomic E-state index is -0.0199. The molecule has 7 aromatic rings. The van der Waals surface area contributed by atoms with E-state index in [9.17, 15) is 0 Å². The highest BCUT2D eigenvalue weighted by atomic mass is 16.3. The monoisotopic (exact) mass is 772 g/mol. The maximum atomic E-state index is 6.57. The summed E-state index contributed by atoms with van der Waals surface area (Å²) < 4.78 is 6.57. The van der Waals surface area contributed by atoms with Gasteiger partial charge in [0.1, 0.15) is 11.3 Å². The molecule has 296 valence electrons. The second-order valence-corrected chi connectivity index (χ2v) is 21.1. The highest BCUT2D eigenvalue weighted by molar-refractivity contribution is 7.00. The van der Waals surface area contributed by atoms with Crippen LogP contribution in [0.3, 0.4) is 0 Å². The van der Waals surface area contributed by atoms with Gasteiger partial charge in [-0.3, -0.25) is 0 Å². The SMILES string of the molecule is Cc1cc2c3c(c1)N(c1ccc(C(C)(C)C)cc1)c1ccc(C(C)(C)C)cc1B3c1cc(-c3cc4ccccc4o3)ccc1N2c1ccc2c(c1)C(C)(C)CCC2(C)C. The first-order valence-corrected chi connectivity index (χ1v) is 21.7. The zero-order chi connectivity index (χ0) is 41.4. The van der Waals surface area contributed by atoms with Crippen LogP contribution in [-0.2, 0) is 21.7 Å². The van der Waals surface area contributed by atoms with Gasteiger partial charge in [0.2, 0.25) is 0 Å². The molecule has 1 aromatic heterocycles. The largest absolute Gasteiger partial charge is 0.456 e. The summed E-state index contributed by atoms with van der Waals surface area (Å²) >= 11 is 0. The van der Waals surface area contributed by atoms with Crippen molar-refractivity contribution in [2.24, 2.45) is 0 Å². The van der Waals surface area contributed by atoms with Gasteiger partial charge in [-0.2, -0.15) is 0 Å². The van der Waals surface area contributed by atoms with E-state index in [1.165, 1.54) is 91.2 Å². The first kappa shape index (κ1) is 37.8. The Bertz CT molecular complexity index is 2790. The van der Waals surface area contributed by atoms with E-state index in [0.29, 0.717) is 0 Å². The smallest absolute Gasteiger partial charge is 0.252 e. The number of furan rings is 1. The maximum absolute atomic E-state index is 6.57. The summed E-state index contributed by atoms with van der Waals surface area (Å²) in [6.07, 6.45) is 2.37. The van der Waals surface area contributed by atoms with Crippen LogP contribution >= 0.6 is 0 Å². The second-order valence-electron chi connectivity index (χ2n) is 21.1. The van der Waals surface area contributed by atoms with Gasteiger partial charge in [0.15, 0.2) is 0 Å². The molecule has 2 aliphatic heterocycles. The van der Waals surface area contributed by atoms with Gasteiger partial charge < -0.3 is 14.2 Å². The zero-order valence-corrected chi connectivity index (χ0v) is 36.8. The number of aryl methyl sites for hydroxylation is 1. The van der Waals surface area contributed by atoms with Gasteiger partial charge in [-0.05, 0) is 152 Å². The molecule has 10 rings (SSSR count). The van der Waals surface area contributed by atoms with Crippen molar-refractivity contribution in [3.8, 4) is 11.3 Å². The fourth-order valence-electron chi connectivity index (χ4n) is 10.3. The Morgan fingerprint density at radius 3 is 1.78 bits per heavy atom. The predicted octanol–water partition coefficient (Wildman–Crippen LogP) is 13.4. The third kappa shape index (κ3) is 6.00. The van der Waals surface area contributed by atoms with Crippen molar-refractivity contribution in [3.63, 3.8) is 0 Å². The van der Waals surface area contributed by atoms with Gasteiger partial charge in [0.05, 0.1) is 0 Å². The molecule has 0 bridgehead atoms. The average Bonchev–Trinajstić information content (AvgIpc) is 3.63. The molecule has 0 radical (unpaired) electrons. The van der Waals surface area contributed by atoms with Crippen molar-refractivity contribution in [2.75, 3.05) is 9.80 Å². The number of hydrogen-bond donors (Lipinski definition) is 0. The highest BCUT2D eigenvalue weighted by Gasteiger charge is 2.45. The quantitative estimate of drug-likeness (QED) is 0.167. The number of para-hydroxylation sites is 1. The number of fused-ring (bicyclic) bond motifs is 6. The number of anilines is 6. The maximum Gasteiger partial charge on any atom is 0.252 e. The first-order valence-electron chi connectivity index (χ1n) is 21.7. The van der Waals surface area contributed by atoms with Crippen LogP contribution in [0.2, 0.25) is 0 Å². The lowest BCUT2D eigenvalue weighted by Gasteiger charge is -2.46. The second kappa shape index (κ2) is 12.8.